The van der Waals surface area contributed by atoms with E-state index < -0.39 is 5.97 Å². The third-order valence-electron chi connectivity index (χ3n) is 3.88. The van der Waals surface area contributed by atoms with Gasteiger partial charge < -0.3 is 10.4 Å². The molecule has 0 aromatic heterocycles. The maximum atomic E-state index is 12.2. The highest BCUT2D eigenvalue weighted by atomic mass is 35.5. The Kier molecular flexibility index (Phi) is 4.65. The number of hydrogen-bond donors (Lipinski definition) is 2. The lowest BCUT2D eigenvalue weighted by molar-refractivity contribution is -0.141. The Morgan fingerprint density at radius 1 is 1.30 bits per heavy atom. The van der Waals surface area contributed by atoms with Crippen molar-refractivity contribution in [3.8, 4) is 0 Å². The Morgan fingerprint density at radius 2 is 1.95 bits per heavy atom. The molecular formula is C15H18ClNO3. The maximum Gasteiger partial charge on any atom is 0.306 e. The van der Waals surface area contributed by atoms with Gasteiger partial charge >= 0.3 is 5.97 Å². The number of carbonyl (C=O) groups is 2. The molecule has 0 unspecified atom stereocenters. The molecule has 1 amide bonds. The molecule has 1 fully saturated rings. The Bertz CT molecular complexity index is 518. The number of carboxylic acids is 1. The fraction of sp³-hybridized carbons (Fsp3) is 0.467. The van der Waals surface area contributed by atoms with E-state index in [1.54, 1.807) is 6.07 Å². The Morgan fingerprint density at radius 3 is 2.55 bits per heavy atom. The smallest absolute Gasteiger partial charge is 0.306 e. The minimum Gasteiger partial charge on any atom is -0.481 e. The van der Waals surface area contributed by atoms with E-state index in [1.807, 2.05) is 25.1 Å². The Labute approximate surface area is 123 Å². The van der Waals surface area contributed by atoms with Crippen molar-refractivity contribution >= 4 is 23.5 Å². The van der Waals surface area contributed by atoms with Gasteiger partial charge in [-0.05, 0) is 37.8 Å². The van der Waals surface area contributed by atoms with Gasteiger partial charge in [0.05, 0.1) is 12.0 Å². The van der Waals surface area contributed by atoms with Crippen molar-refractivity contribution in [1.29, 1.82) is 0 Å². The number of nitrogens with one attached hydrogen (secondary N) is 1. The predicted octanol–water partition coefficient (Wildman–Crippen LogP) is 3.02. The number of aliphatic carboxylic acids is 1. The van der Waals surface area contributed by atoms with Crippen molar-refractivity contribution < 1.29 is 14.7 Å². The topological polar surface area (TPSA) is 66.4 Å². The molecule has 1 aromatic rings. The minimum absolute atomic E-state index is 0.0823. The van der Waals surface area contributed by atoms with Gasteiger partial charge in [0.25, 0.3) is 0 Å². The predicted molar refractivity (Wildman–Crippen MR) is 76.5 cm³/mol. The van der Waals surface area contributed by atoms with Crippen LogP contribution in [-0.2, 0) is 9.59 Å². The number of rotatable bonds is 4. The minimum atomic E-state index is -0.806. The normalized spacial score (nSPS) is 23.3. The monoisotopic (exact) mass is 295 g/mol. The number of carbonyl (C=O) groups excluding carboxylic acids is 1. The first-order valence-corrected chi connectivity index (χ1v) is 7.14. The Balaban J connectivity index is 1.95. The highest BCUT2D eigenvalue weighted by Gasteiger charge is 2.34. The summed E-state index contributed by atoms with van der Waals surface area (Å²) in [4.78, 5) is 23.1. The van der Waals surface area contributed by atoms with E-state index in [9.17, 15) is 9.59 Å². The summed E-state index contributed by atoms with van der Waals surface area (Å²) < 4.78 is 0. The average molecular weight is 296 g/mol. The van der Waals surface area contributed by atoms with E-state index in [0.29, 0.717) is 24.3 Å². The molecule has 2 N–H and O–H groups in total. The molecule has 1 saturated carbocycles. The van der Waals surface area contributed by atoms with Crippen molar-refractivity contribution in [3.05, 3.63) is 34.9 Å². The van der Waals surface area contributed by atoms with Crippen molar-refractivity contribution in [2.45, 2.75) is 32.2 Å². The summed E-state index contributed by atoms with van der Waals surface area (Å²) in [6.45, 7) is 1.88. The first kappa shape index (κ1) is 14.9. The third kappa shape index (κ3) is 3.31. The van der Waals surface area contributed by atoms with Crippen LogP contribution in [0.5, 0.6) is 0 Å². The first-order valence-electron chi connectivity index (χ1n) is 6.76. The van der Waals surface area contributed by atoms with Crippen LogP contribution in [0.4, 0.5) is 0 Å². The van der Waals surface area contributed by atoms with Gasteiger partial charge in [0.15, 0.2) is 0 Å². The van der Waals surface area contributed by atoms with Crippen LogP contribution in [-0.4, -0.2) is 17.0 Å². The fourth-order valence-corrected chi connectivity index (χ4v) is 2.98. The summed E-state index contributed by atoms with van der Waals surface area (Å²) in [5.41, 5.74) is 0.871. The molecule has 20 heavy (non-hydrogen) atoms. The zero-order valence-corrected chi connectivity index (χ0v) is 12.1. The molecule has 0 bridgehead atoms. The molecule has 0 radical (unpaired) electrons. The lowest BCUT2D eigenvalue weighted by Crippen LogP contribution is -2.32. The maximum absolute atomic E-state index is 12.2. The molecule has 5 heteroatoms. The zero-order valence-electron chi connectivity index (χ0n) is 11.3. The third-order valence-corrected chi connectivity index (χ3v) is 4.23. The summed E-state index contributed by atoms with van der Waals surface area (Å²) in [6.07, 6.45) is 1.64. The second-order valence-electron chi connectivity index (χ2n) is 5.30. The summed E-state index contributed by atoms with van der Waals surface area (Å²) >= 11 is 6.10. The summed E-state index contributed by atoms with van der Waals surface area (Å²) in [5, 5.41) is 12.5. The standard InChI is InChI=1S/C15H18ClNO3/c1-9(12-4-2-3-5-13(12)16)17-14(18)10-6-7-11(8-10)15(19)20/h2-5,9-11H,6-8H2,1H3,(H,17,18)(H,19,20)/t9-,10-,11+/m1/s1. The van der Waals surface area contributed by atoms with E-state index in [4.69, 9.17) is 16.7 Å². The van der Waals surface area contributed by atoms with Crippen LogP contribution in [0.25, 0.3) is 0 Å². The number of hydrogen-bond acceptors (Lipinski definition) is 2. The fourth-order valence-electron chi connectivity index (χ4n) is 2.68. The number of halogens is 1. The largest absolute Gasteiger partial charge is 0.481 e. The molecule has 1 aliphatic rings. The summed E-state index contributed by atoms with van der Waals surface area (Å²) in [7, 11) is 0. The molecule has 0 saturated heterocycles. The average Bonchev–Trinajstić information content (AvgIpc) is 2.88. The summed E-state index contributed by atoms with van der Waals surface area (Å²) in [6, 6.07) is 7.20. The molecule has 1 aliphatic carbocycles. The van der Waals surface area contributed by atoms with Gasteiger partial charge in [0.2, 0.25) is 5.91 Å². The highest BCUT2D eigenvalue weighted by molar-refractivity contribution is 6.31. The van der Waals surface area contributed by atoms with E-state index >= 15 is 0 Å². The number of amides is 1. The quantitative estimate of drug-likeness (QED) is 0.897. The van der Waals surface area contributed by atoms with Gasteiger partial charge in [0, 0.05) is 10.9 Å². The summed E-state index contributed by atoms with van der Waals surface area (Å²) in [5.74, 6) is -1.48. The molecule has 108 valence electrons. The van der Waals surface area contributed by atoms with Crippen molar-refractivity contribution in [1.82, 2.24) is 5.32 Å². The molecule has 2 rings (SSSR count). The van der Waals surface area contributed by atoms with E-state index in [-0.39, 0.29) is 23.8 Å². The molecule has 0 heterocycles. The van der Waals surface area contributed by atoms with Gasteiger partial charge in [-0.25, -0.2) is 0 Å². The van der Waals surface area contributed by atoms with E-state index in [0.717, 1.165) is 5.56 Å². The van der Waals surface area contributed by atoms with Gasteiger partial charge in [0.1, 0.15) is 0 Å². The Hall–Kier alpha value is -1.55. The lowest BCUT2D eigenvalue weighted by atomic mass is 10.0. The molecule has 4 nitrogen and oxygen atoms in total. The van der Waals surface area contributed by atoms with Crippen LogP contribution in [0.3, 0.4) is 0 Å². The zero-order chi connectivity index (χ0) is 14.7. The molecule has 0 aliphatic heterocycles. The van der Waals surface area contributed by atoms with Crippen molar-refractivity contribution in [2.75, 3.05) is 0 Å². The van der Waals surface area contributed by atoms with Gasteiger partial charge in [-0.1, -0.05) is 29.8 Å². The van der Waals surface area contributed by atoms with Crippen LogP contribution in [0.15, 0.2) is 24.3 Å². The SMILES string of the molecule is C[C@@H](NC(=O)[C@@H]1CC[C@H](C(=O)O)C1)c1ccccc1Cl. The van der Waals surface area contributed by atoms with Gasteiger partial charge in [-0.2, -0.15) is 0 Å². The number of carboxylic acid groups (broad SMARTS) is 1. The van der Waals surface area contributed by atoms with Crippen LogP contribution in [0.1, 0.15) is 37.8 Å². The van der Waals surface area contributed by atoms with Crippen LogP contribution < -0.4 is 5.32 Å². The van der Waals surface area contributed by atoms with Crippen LogP contribution >= 0.6 is 11.6 Å². The lowest BCUT2D eigenvalue weighted by Gasteiger charge is -2.18. The molecule has 1 aromatic carbocycles. The second-order valence-corrected chi connectivity index (χ2v) is 5.70. The molecule has 0 spiro atoms. The van der Waals surface area contributed by atoms with E-state index in [2.05, 4.69) is 5.32 Å². The van der Waals surface area contributed by atoms with Crippen LogP contribution in [0.2, 0.25) is 5.02 Å². The van der Waals surface area contributed by atoms with Crippen molar-refractivity contribution in [2.24, 2.45) is 11.8 Å². The molecule has 3 atom stereocenters. The van der Waals surface area contributed by atoms with Crippen LogP contribution in [0, 0.1) is 11.8 Å². The first-order chi connectivity index (χ1) is 9.49. The number of benzene rings is 1. The van der Waals surface area contributed by atoms with Crippen molar-refractivity contribution in [3.63, 3.8) is 0 Å². The second kappa shape index (κ2) is 6.27. The molecular weight excluding hydrogens is 278 g/mol. The van der Waals surface area contributed by atoms with Gasteiger partial charge in [-0.3, -0.25) is 9.59 Å². The van der Waals surface area contributed by atoms with E-state index in [1.165, 1.54) is 0 Å². The van der Waals surface area contributed by atoms with Gasteiger partial charge in [-0.15, -0.1) is 0 Å². The highest BCUT2D eigenvalue weighted by Crippen LogP contribution is 2.32.